The highest BCUT2D eigenvalue weighted by atomic mass is 32.2. The molecule has 6 nitrogen and oxygen atoms in total. The van der Waals surface area contributed by atoms with E-state index in [0.29, 0.717) is 5.69 Å². The number of nitrogens with one attached hydrogen (secondary N) is 1. The molecule has 2 aromatic rings. The second kappa shape index (κ2) is 6.02. The minimum atomic E-state index is -3.70. The third kappa shape index (κ3) is 3.52. The number of anilines is 3. The molecule has 1 heterocycles. The van der Waals surface area contributed by atoms with Crippen LogP contribution in [0.3, 0.4) is 0 Å². The van der Waals surface area contributed by atoms with Crippen LogP contribution in [0, 0.1) is 0 Å². The van der Waals surface area contributed by atoms with Crippen LogP contribution in [0.4, 0.5) is 17.1 Å². The largest absolute Gasteiger partial charge is 0.356 e. The Morgan fingerprint density at radius 2 is 1.61 bits per heavy atom. The first kappa shape index (κ1) is 15.5. The van der Waals surface area contributed by atoms with Gasteiger partial charge in [0.15, 0.2) is 0 Å². The zero-order chi connectivity index (χ0) is 16.4. The van der Waals surface area contributed by atoms with Crippen LogP contribution >= 0.6 is 0 Å². The molecular weight excluding hydrogens is 314 g/mol. The molecule has 0 bridgehead atoms. The Kier molecular flexibility index (Phi) is 4.06. The van der Waals surface area contributed by atoms with Crippen LogP contribution in [0.2, 0.25) is 0 Å². The van der Waals surface area contributed by atoms with Crippen molar-refractivity contribution in [2.45, 2.75) is 11.7 Å². The number of carbonyl (C=O) groups excluding carboxylic acids is 1. The summed E-state index contributed by atoms with van der Waals surface area (Å²) in [5, 5.41) is 7.55. The lowest BCUT2D eigenvalue weighted by Gasteiger charge is -2.17. The van der Waals surface area contributed by atoms with Crippen molar-refractivity contribution in [2.75, 3.05) is 16.8 Å². The molecule has 0 aromatic heterocycles. The Morgan fingerprint density at radius 1 is 1.00 bits per heavy atom. The van der Waals surface area contributed by atoms with Crippen LogP contribution in [-0.2, 0) is 14.8 Å². The second-order valence-electron chi connectivity index (χ2n) is 5.46. The maximum Gasteiger partial charge on any atom is 0.228 e. The first-order valence-corrected chi connectivity index (χ1v) is 8.78. The standard InChI is InChI=1S/C16H17N3O3S/c17-23(21,22)15-10-16(20)19(11-15)14-8-6-13(7-9-14)18-12-4-2-1-3-5-12/h1-9,15,18H,10-11H2,(H2,17,21,22). The van der Waals surface area contributed by atoms with Crippen molar-refractivity contribution in [2.24, 2.45) is 5.14 Å². The lowest BCUT2D eigenvalue weighted by molar-refractivity contribution is -0.117. The van der Waals surface area contributed by atoms with Crippen LogP contribution in [-0.4, -0.2) is 26.1 Å². The van der Waals surface area contributed by atoms with Crippen molar-refractivity contribution in [3.63, 3.8) is 0 Å². The smallest absolute Gasteiger partial charge is 0.228 e. The summed E-state index contributed by atoms with van der Waals surface area (Å²) in [6, 6.07) is 17.0. The molecule has 1 amide bonds. The Balaban J connectivity index is 1.74. The molecule has 1 saturated heterocycles. The minimum absolute atomic E-state index is 0.0666. The number of para-hydroxylation sites is 1. The molecule has 0 spiro atoms. The van der Waals surface area contributed by atoms with Crippen molar-refractivity contribution in [1.82, 2.24) is 0 Å². The van der Waals surface area contributed by atoms with Gasteiger partial charge in [-0.3, -0.25) is 4.79 Å². The lowest BCUT2D eigenvalue weighted by atomic mass is 10.2. The maximum absolute atomic E-state index is 12.0. The summed E-state index contributed by atoms with van der Waals surface area (Å²) >= 11 is 0. The van der Waals surface area contributed by atoms with Crippen LogP contribution in [0.5, 0.6) is 0 Å². The predicted molar refractivity (Wildman–Crippen MR) is 90.0 cm³/mol. The molecule has 1 aliphatic heterocycles. The van der Waals surface area contributed by atoms with E-state index in [1.54, 1.807) is 12.1 Å². The molecule has 0 radical (unpaired) electrons. The van der Waals surface area contributed by atoms with Gasteiger partial charge in [-0.25, -0.2) is 13.6 Å². The lowest BCUT2D eigenvalue weighted by Crippen LogP contribution is -2.32. The molecule has 23 heavy (non-hydrogen) atoms. The molecule has 0 saturated carbocycles. The van der Waals surface area contributed by atoms with Gasteiger partial charge in [-0.05, 0) is 36.4 Å². The quantitative estimate of drug-likeness (QED) is 0.894. The third-order valence-electron chi connectivity index (χ3n) is 3.80. The summed E-state index contributed by atoms with van der Waals surface area (Å²) < 4.78 is 22.8. The molecule has 3 N–H and O–H groups in total. The average Bonchev–Trinajstić information content (AvgIpc) is 2.91. The number of nitrogens with two attached hydrogens (primary N) is 1. The van der Waals surface area contributed by atoms with Gasteiger partial charge < -0.3 is 10.2 Å². The van der Waals surface area contributed by atoms with Crippen LogP contribution in [0.15, 0.2) is 54.6 Å². The van der Waals surface area contributed by atoms with Crippen molar-refractivity contribution in [3.8, 4) is 0 Å². The Labute approximate surface area is 135 Å². The van der Waals surface area contributed by atoms with Gasteiger partial charge >= 0.3 is 0 Å². The first-order chi connectivity index (χ1) is 10.9. The summed E-state index contributed by atoms with van der Waals surface area (Å²) in [6.07, 6.45) is -0.0666. The summed E-state index contributed by atoms with van der Waals surface area (Å²) in [7, 11) is -3.70. The normalized spacial score (nSPS) is 18.2. The Bertz CT molecular complexity index is 804. The molecule has 3 rings (SSSR count). The Hall–Kier alpha value is -2.38. The molecule has 120 valence electrons. The molecule has 1 fully saturated rings. The third-order valence-corrected chi connectivity index (χ3v) is 5.04. The SMILES string of the molecule is NS(=O)(=O)C1CC(=O)N(c2ccc(Nc3ccccc3)cc2)C1. The minimum Gasteiger partial charge on any atom is -0.356 e. The Morgan fingerprint density at radius 3 is 2.17 bits per heavy atom. The van der Waals surface area contributed by atoms with Crippen molar-refractivity contribution in [3.05, 3.63) is 54.6 Å². The fourth-order valence-corrected chi connectivity index (χ4v) is 3.29. The highest BCUT2D eigenvalue weighted by Gasteiger charge is 2.37. The first-order valence-electron chi connectivity index (χ1n) is 7.17. The van der Waals surface area contributed by atoms with Gasteiger partial charge in [-0.15, -0.1) is 0 Å². The topological polar surface area (TPSA) is 92.5 Å². The number of hydrogen-bond donors (Lipinski definition) is 2. The molecule has 1 unspecified atom stereocenters. The summed E-state index contributed by atoms with van der Waals surface area (Å²) in [5.74, 6) is -0.229. The second-order valence-corrected chi connectivity index (χ2v) is 7.30. The molecule has 1 atom stereocenters. The monoisotopic (exact) mass is 331 g/mol. The fraction of sp³-hybridized carbons (Fsp3) is 0.188. The predicted octanol–water partition coefficient (Wildman–Crippen LogP) is 1.82. The van der Waals surface area contributed by atoms with E-state index in [1.165, 1.54) is 4.90 Å². The average molecular weight is 331 g/mol. The van der Waals surface area contributed by atoms with Crippen molar-refractivity contribution >= 4 is 33.0 Å². The van der Waals surface area contributed by atoms with E-state index in [0.717, 1.165) is 11.4 Å². The molecule has 7 heteroatoms. The van der Waals surface area contributed by atoms with Gasteiger partial charge in [0.05, 0.1) is 0 Å². The van der Waals surface area contributed by atoms with E-state index in [4.69, 9.17) is 5.14 Å². The summed E-state index contributed by atoms with van der Waals surface area (Å²) in [4.78, 5) is 13.5. The number of nitrogens with zero attached hydrogens (tertiary/aromatic N) is 1. The van der Waals surface area contributed by atoms with E-state index >= 15 is 0 Å². The van der Waals surface area contributed by atoms with Crippen LogP contribution in [0.1, 0.15) is 6.42 Å². The number of carbonyl (C=O) groups is 1. The van der Waals surface area contributed by atoms with E-state index in [2.05, 4.69) is 5.32 Å². The zero-order valence-electron chi connectivity index (χ0n) is 12.3. The van der Waals surface area contributed by atoms with Gasteiger partial charge in [-0.2, -0.15) is 0 Å². The molecule has 2 aromatic carbocycles. The number of rotatable bonds is 4. The van der Waals surface area contributed by atoms with E-state index in [1.807, 2.05) is 42.5 Å². The van der Waals surface area contributed by atoms with Gasteiger partial charge in [0, 0.05) is 30.0 Å². The van der Waals surface area contributed by atoms with Crippen molar-refractivity contribution in [1.29, 1.82) is 0 Å². The maximum atomic E-state index is 12.0. The van der Waals surface area contributed by atoms with Gasteiger partial charge in [-0.1, -0.05) is 18.2 Å². The highest BCUT2D eigenvalue weighted by Crippen LogP contribution is 2.26. The molecule has 0 aliphatic carbocycles. The summed E-state index contributed by atoms with van der Waals surface area (Å²) in [5.41, 5.74) is 2.51. The van der Waals surface area contributed by atoms with E-state index in [9.17, 15) is 13.2 Å². The van der Waals surface area contributed by atoms with Crippen molar-refractivity contribution < 1.29 is 13.2 Å². The van der Waals surface area contributed by atoms with E-state index < -0.39 is 15.3 Å². The van der Waals surface area contributed by atoms with Crippen LogP contribution in [0.25, 0.3) is 0 Å². The summed E-state index contributed by atoms with van der Waals surface area (Å²) in [6.45, 7) is 0.100. The molecule has 1 aliphatic rings. The van der Waals surface area contributed by atoms with Gasteiger partial charge in [0.1, 0.15) is 5.25 Å². The zero-order valence-corrected chi connectivity index (χ0v) is 13.2. The number of hydrogen-bond acceptors (Lipinski definition) is 4. The fourth-order valence-electron chi connectivity index (χ4n) is 2.56. The number of sulfonamides is 1. The van der Waals surface area contributed by atoms with Crippen LogP contribution < -0.4 is 15.4 Å². The number of amides is 1. The van der Waals surface area contributed by atoms with Gasteiger partial charge in [0.2, 0.25) is 15.9 Å². The number of primary sulfonamides is 1. The molecular formula is C16H17N3O3S. The highest BCUT2D eigenvalue weighted by molar-refractivity contribution is 7.89. The van der Waals surface area contributed by atoms with Gasteiger partial charge in [0.25, 0.3) is 0 Å². The number of benzene rings is 2. The van der Waals surface area contributed by atoms with E-state index in [-0.39, 0.29) is 18.9 Å².